The molecular formula is C19H23NO3. The van der Waals surface area contributed by atoms with E-state index in [1.165, 1.54) is 5.56 Å². The first-order chi connectivity index (χ1) is 11.1. The smallest absolute Gasteiger partial charge is 0.224 e. The molecule has 0 bridgehead atoms. The molecule has 122 valence electrons. The SMILES string of the molecule is COc1cccc(NC(=O)CCCOc2cccc(C)c2C)c1. The summed E-state index contributed by atoms with van der Waals surface area (Å²) >= 11 is 0. The van der Waals surface area contributed by atoms with Crippen molar-refractivity contribution >= 4 is 11.6 Å². The van der Waals surface area contributed by atoms with Crippen molar-refractivity contribution in [1.29, 1.82) is 0 Å². The zero-order chi connectivity index (χ0) is 16.7. The predicted octanol–water partition coefficient (Wildman–Crippen LogP) is 4.11. The molecular weight excluding hydrogens is 290 g/mol. The maximum absolute atomic E-state index is 11.9. The molecule has 1 amide bonds. The Kier molecular flexibility index (Phi) is 6.03. The van der Waals surface area contributed by atoms with Gasteiger partial charge in [0.15, 0.2) is 0 Å². The van der Waals surface area contributed by atoms with Crippen LogP contribution in [0.1, 0.15) is 24.0 Å². The van der Waals surface area contributed by atoms with Crippen LogP contribution >= 0.6 is 0 Å². The van der Waals surface area contributed by atoms with Gasteiger partial charge in [0, 0.05) is 18.2 Å². The number of ether oxygens (including phenoxy) is 2. The second-order valence-electron chi connectivity index (χ2n) is 5.43. The van der Waals surface area contributed by atoms with E-state index < -0.39 is 0 Å². The first kappa shape index (κ1) is 16.9. The highest BCUT2D eigenvalue weighted by Crippen LogP contribution is 2.21. The van der Waals surface area contributed by atoms with Crippen LogP contribution in [-0.2, 0) is 4.79 Å². The van der Waals surface area contributed by atoms with E-state index in [9.17, 15) is 4.79 Å². The average molecular weight is 313 g/mol. The van der Waals surface area contributed by atoms with Gasteiger partial charge in [-0.05, 0) is 49.6 Å². The van der Waals surface area contributed by atoms with Crippen molar-refractivity contribution in [3.63, 3.8) is 0 Å². The van der Waals surface area contributed by atoms with Crippen LogP contribution in [0.3, 0.4) is 0 Å². The number of methoxy groups -OCH3 is 1. The van der Waals surface area contributed by atoms with Crippen LogP contribution in [0.25, 0.3) is 0 Å². The summed E-state index contributed by atoms with van der Waals surface area (Å²) < 4.78 is 10.9. The van der Waals surface area contributed by atoms with Crippen molar-refractivity contribution in [2.75, 3.05) is 19.0 Å². The quantitative estimate of drug-likeness (QED) is 0.783. The average Bonchev–Trinajstić information content (AvgIpc) is 2.55. The van der Waals surface area contributed by atoms with Crippen molar-refractivity contribution < 1.29 is 14.3 Å². The molecule has 4 nitrogen and oxygen atoms in total. The normalized spacial score (nSPS) is 10.2. The second-order valence-corrected chi connectivity index (χ2v) is 5.43. The molecule has 2 aromatic carbocycles. The Labute approximate surface area is 137 Å². The lowest BCUT2D eigenvalue weighted by Gasteiger charge is -2.11. The summed E-state index contributed by atoms with van der Waals surface area (Å²) in [5.41, 5.74) is 3.09. The molecule has 0 aromatic heterocycles. The second kappa shape index (κ2) is 8.22. The molecule has 23 heavy (non-hydrogen) atoms. The van der Waals surface area contributed by atoms with E-state index in [4.69, 9.17) is 9.47 Å². The van der Waals surface area contributed by atoms with Gasteiger partial charge in [0.2, 0.25) is 5.91 Å². The van der Waals surface area contributed by atoms with E-state index >= 15 is 0 Å². The minimum absolute atomic E-state index is 0.0252. The van der Waals surface area contributed by atoms with Crippen LogP contribution in [0.2, 0.25) is 0 Å². The number of amides is 1. The van der Waals surface area contributed by atoms with Crippen LogP contribution in [0.15, 0.2) is 42.5 Å². The number of carbonyl (C=O) groups is 1. The predicted molar refractivity (Wildman–Crippen MR) is 92.3 cm³/mol. The van der Waals surface area contributed by atoms with Gasteiger partial charge in [0.1, 0.15) is 11.5 Å². The first-order valence-corrected chi connectivity index (χ1v) is 7.73. The van der Waals surface area contributed by atoms with E-state index in [0.29, 0.717) is 19.4 Å². The number of hydrogen-bond donors (Lipinski definition) is 1. The Morgan fingerprint density at radius 3 is 2.70 bits per heavy atom. The van der Waals surface area contributed by atoms with Crippen LogP contribution in [-0.4, -0.2) is 19.6 Å². The van der Waals surface area contributed by atoms with Gasteiger partial charge in [0.05, 0.1) is 13.7 Å². The molecule has 0 saturated carbocycles. The number of hydrogen-bond acceptors (Lipinski definition) is 3. The fraction of sp³-hybridized carbons (Fsp3) is 0.316. The molecule has 0 aliphatic heterocycles. The van der Waals surface area contributed by atoms with Crippen LogP contribution in [0.4, 0.5) is 5.69 Å². The third kappa shape index (κ3) is 5.02. The zero-order valence-corrected chi connectivity index (χ0v) is 13.9. The molecule has 2 rings (SSSR count). The molecule has 2 aromatic rings. The van der Waals surface area contributed by atoms with Gasteiger partial charge >= 0.3 is 0 Å². The standard InChI is InChI=1S/C19H23NO3/c1-14-7-4-10-18(15(14)2)23-12-6-11-19(21)20-16-8-5-9-17(13-16)22-3/h4-5,7-10,13H,6,11-12H2,1-3H3,(H,20,21). The Morgan fingerprint density at radius 2 is 1.91 bits per heavy atom. The highest BCUT2D eigenvalue weighted by Gasteiger charge is 2.05. The fourth-order valence-corrected chi connectivity index (χ4v) is 2.22. The van der Waals surface area contributed by atoms with Gasteiger partial charge in [0.25, 0.3) is 0 Å². The maximum Gasteiger partial charge on any atom is 0.224 e. The number of anilines is 1. The van der Waals surface area contributed by atoms with E-state index in [1.54, 1.807) is 13.2 Å². The summed E-state index contributed by atoms with van der Waals surface area (Å²) in [4.78, 5) is 11.9. The molecule has 4 heteroatoms. The topological polar surface area (TPSA) is 47.6 Å². The Hall–Kier alpha value is -2.49. The van der Waals surface area contributed by atoms with Crippen LogP contribution < -0.4 is 14.8 Å². The fourth-order valence-electron chi connectivity index (χ4n) is 2.22. The molecule has 0 atom stereocenters. The summed E-state index contributed by atoms with van der Waals surface area (Å²) in [6.45, 7) is 4.62. The van der Waals surface area contributed by atoms with Gasteiger partial charge in [-0.3, -0.25) is 4.79 Å². The van der Waals surface area contributed by atoms with Gasteiger partial charge in [-0.15, -0.1) is 0 Å². The van der Waals surface area contributed by atoms with Crippen molar-refractivity contribution in [1.82, 2.24) is 0 Å². The minimum atomic E-state index is -0.0252. The van der Waals surface area contributed by atoms with E-state index in [-0.39, 0.29) is 5.91 Å². The molecule has 0 spiro atoms. The van der Waals surface area contributed by atoms with Gasteiger partial charge < -0.3 is 14.8 Å². The Balaban J connectivity index is 1.75. The highest BCUT2D eigenvalue weighted by molar-refractivity contribution is 5.90. The summed E-state index contributed by atoms with van der Waals surface area (Å²) in [6, 6.07) is 13.3. The molecule has 0 aliphatic rings. The molecule has 0 saturated heterocycles. The first-order valence-electron chi connectivity index (χ1n) is 7.73. The van der Waals surface area contributed by atoms with Crippen molar-refractivity contribution in [2.24, 2.45) is 0 Å². The van der Waals surface area contributed by atoms with Crippen LogP contribution in [0, 0.1) is 13.8 Å². The third-order valence-corrected chi connectivity index (χ3v) is 3.71. The minimum Gasteiger partial charge on any atom is -0.497 e. The third-order valence-electron chi connectivity index (χ3n) is 3.71. The monoisotopic (exact) mass is 313 g/mol. The summed E-state index contributed by atoms with van der Waals surface area (Å²) in [6.07, 6.45) is 1.09. The van der Waals surface area contributed by atoms with E-state index in [2.05, 4.69) is 18.3 Å². The van der Waals surface area contributed by atoms with Crippen molar-refractivity contribution in [2.45, 2.75) is 26.7 Å². The molecule has 0 fully saturated rings. The molecule has 0 unspecified atom stereocenters. The molecule has 1 N–H and O–H groups in total. The summed E-state index contributed by atoms with van der Waals surface area (Å²) in [7, 11) is 1.60. The number of rotatable bonds is 7. The lowest BCUT2D eigenvalue weighted by molar-refractivity contribution is -0.116. The van der Waals surface area contributed by atoms with Crippen molar-refractivity contribution in [3.8, 4) is 11.5 Å². The van der Waals surface area contributed by atoms with Crippen molar-refractivity contribution in [3.05, 3.63) is 53.6 Å². The summed E-state index contributed by atoms with van der Waals surface area (Å²) in [5, 5.41) is 2.86. The Morgan fingerprint density at radius 1 is 1.13 bits per heavy atom. The van der Waals surface area contributed by atoms with E-state index in [0.717, 1.165) is 22.7 Å². The number of nitrogens with one attached hydrogen (secondary N) is 1. The largest absolute Gasteiger partial charge is 0.497 e. The maximum atomic E-state index is 11.9. The Bertz CT molecular complexity index is 667. The number of carbonyl (C=O) groups excluding carboxylic acids is 1. The highest BCUT2D eigenvalue weighted by atomic mass is 16.5. The molecule has 0 heterocycles. The van der Waals surface area contributed by atoms with Crippen LogP contribution in [0.5, 0.6) is 11.5 Å². The molecule has 0 aliphatic carbocycles. The number of benzene rings is 2. The lowest BCUT2D eigenvalue weighted by Crippen LogP contribution is -2.13. The molecule has 0 radical (unpaired) electrons. The van der Waals surface area contributed by atoms with E-state index in [1.807, 2.05) is 37.3 Å². The lowest BCUT2D eigenvalue weighted by atomic mass is 10.1. The summed E-state index contributed by atoms with van der Waals surface area (Å²) in [5.74, 6) is 1.59. The zero-order valence-electron chi connectivity index (χ0n) is 13.9. The van der Waals surface area contributed by atoms with Gasteiger partial charge in [-0.1, -0.05) is 18.2 Å². The van der Waals surface area contributed by atoms with Gasteiger partial charge in [-0.25, -0.2) is 0 Å². The number of aryl methyl sites for hydroxylation is 1. The van der Waals surface area contributed by atoms with Gasteiger partial charge in [-0.2, -0.15) is 0 Å².